The van der Waals surface area contributed by atoms with Crippen LogP contribution in [0.4, 0.5) is 5.82 Å². The average molecular weight is 341 g/mol. The number of hydrogen-bond donors (Lipinski definition) is 1. The lowest BCUT2D eigenvalue weighted by Crippen LogP contribution is -2.49. The zero-order valence-corrected chi connectivity index (χ0v) is 14.8. The molecule has 1 fully saturated rings. The number of hydrogen-bond acceptors (Lipinski definition) is 4. The fourth-order valence-electron chi connectivity index (χ4n) is 3.48. The van der Waals surface area contributed by atoms with Gasteiger partial charge in [-0.2, -0.15) is 0 Å². The van der Waals surface area contributed by atoms with Gasteiger partial charge in [0.15, 0.2) is 0 Å². The second-order valence-electron chi connectivity index (χ2n) is 6.77. The first kappa shape index (κ1) is 17.2. The molecular formula is C19H23N3O3. The van der Waals surface area contributed by atoms with E-state index in [9.17, 15) is 14.7 Å². The normalized spacial score (nSPS) is 20.5. The Labute approximate surface area is 147 Å². The molecule has 0 aliphatic carbocycles. The molecule has 0 radical (unpaired) electrons. The van der Waals surface area contributed by atoms with Crippen molar-refractivity contribution in [3.63, 3.8) is 0 Å². The van der Waals surface area contributed by atoms with Gasteiger partial charge in [-0.3, -0.25) is 9.59 Å². The minimum Gasteiger partial charge on any atom is -0.481 e. The van der Waals surface area contributed by atoms with Gasteiger partial charge in [-0.25, -0.2) is 4.98 Å². The van der Waals surface area contributed by atoms with E-state index in [-0.39, 0.29) is 11.9 Å². The molecule has 2 atom stereocenters. The first-order valence-corrected chi connectivity index (χ1v) is 8.51. The summed E-state index contributed by atoms with van der Waals surface area (Å²) < 4.78 is 0. The van der Waals surface area contributed by atoms with E-state index in [1.54, 1.807) is 11.0 Å². The fraction of sp³-hybridized carbons (Fsp3) is 0.421. The Kier molecular flexibility index (Phi) is 4.61. The summed E-state index contributed by atoms with van der Waals surface area (Å²) >= 11 is 0. The van der Waals surface area contributed by atoms with Crippen LogP contribution in [0.1, 0.15) is 30.1 Å². The maximum Gasteiger partial charge on any atom is 0.308 e. The Morgan fingerprint density at radius 1 is 1.28 bits per heavy atom. The molecule has 0 bridgehead atoms. The molecule has 25 heavy (non-hydrogen) atoms. The van der Waals surface area contributed by atoms with Crippen molar-refractivity contribution < 1.29 is 14.7 Å². The minimum atomic E-state index is -0.835. The monoisotopic (exact) mass is 341 g/mol. The van der Waals surface area contributed by atoms with Gasteiger partial charge in [0.1, 0.15) is 5.82 Å². The van der Waals surface area contributed by atoms with Gasteiger partial charge >= 0.3 is 5.97 Å². The Morgan fingerprint density at radius 2 is 2.00 bits per heavy atom. The van der Waals surface area contributed by atoms with E-state index in [0.29, 0.717) is 30.8 Å². The summed E-state index contributed by atoms with van der Waals surface area (Å²) in [7, 11) is 3.77. The maximum absolute atomic E-state index is 13.3. The topological polar surface area (TPSA) is 73.7 Å². The highest BCUT2D eigenvalue weighted by Crippen LogP contribution is 2.29. The van der Waals surface area contributed by atoms with Crippen molar-refractivity contribution >= 4 is 28.6 Å². The third-order valence-electron chi connectivity index (χ3n) is 4.96. The van der Waals surface area contributed by atoms with Gasteiger partial charge in [-0.15, -0.1) is 0 Å². The number of aromatic nitrogens is 1. The number of piperidine rings is 1. The van der Waals surface area contributed by atoms with Crippen molar-refractivity contribution in [1.29, 1.82) is 0 Å². The van der Waals surface area contributed by atoms with Gasteiger partial charge in [0.05, 0.1) is 17.0 Å². The number of aliphatic carboxylic acids is 1. The zero-order valence-electron chi connectivity index (χ0n) is 14.8. The Balaban J connectivity index is 2.05. The number of amides is 1. The maximum atomic E-state index is 13.3. The van der Waals surface area contributed by atoms with Crippen molar-refractivity contribution in [3.8, 4) is 0 Å². The third-order valence-corrected chi connectivity index (χ3v) is 4.96. The Bertz CT molecular complexity index is 819. The molecule has 1 N–H and O–H groups in total. The van der Waals surface area contributed by atoms with Gasteiger partial charge in [0, 0.05) is 32.1 Å². The summed E-state index contributed by atoms with van der Waals surface area (Å²) in [5, 5.41) is 10.2. The number of likely N-dealkylation sites (tertiary alicyclic amines) is 1. The van der Waals surface area contributed by atoms with Crippen LogP contribution in [0, 0.1) is 5.92 Å². The highest BCUT2D eigenvalue weighted by atomic mass is 16.4. The zero-order chi connectivity index (χ0) is 18.1. The predicted octanol–water partition coefficient (Wildman–Crippen LogP) is 2.63. The first-order valence-electron chi connectivity index (χ1n) is 8.51. The highest BCUT2D eigenvalue weighted by molar-refractivity contribution is 6.07. The van der Waals surface area contributed by atoms with Gasteiger partial charge in [-0.1, -0.05) is 18.2 Å². The molecule has 1 amide bonds. The number of carbonyl (C=O) groups excluding carboxylic acids is 1. The standard InChI is InChI=1S/C19H23N3O3/c1-12-13(19(24)25)8-6-10-22(12)18(23)15-11-17(21(2)3)20-16-9-5-4-7-14(15)16/h4-5,7,9,11-13H,6,8,10H2,1-3H3,(H,24,25)/t12-,13-/m1/s1. The number of fused-ring (bicyclic) bond motifs is 1. The number of anilines is 1. The van der Waals surface area contributed by atoms with Crippen molar-refractivity contribution in [2.24, 2.45) is 5.92 Å². The van der Waals surface area contributed by atoms with Crippen LogP contribution in [0.2, 0.25) is 0 Å². The van der Waals surface area contributed by atoms with Crippen LogP contribution in [0.3, 0.4) is 0 Å². The summed E-state index contributed by atoms with van der Waals surface area (Å²) in [5.74, 6) is -0.765. The number of carboxylic acids is 1. The van der Waals surface area contributed by atoms with Crippen LogP contribution in [-0.4, -0.2) is 53.5 Å². The first-order chi connectivity index (χ1) is 11.9. The molecule has 1 aromatic carbocycles. The van der Waals surface area contributed by atoms with Crippen molar-refractivity contribution in [2.75, 3.05) is 25.5 Å². The molecule has 6 nitrogen and oxygen atoms in total. The van der Waals surface area contributed by atoms with Gasteiger partial charge < -0.3 is 14.9 Å². The lowest BCUT2D eigenvalue weighted by atomic mass is 9.89. The molecule has 1 aliphatic rings. The van der Waals surface area contributed by atoms with Gasteiger partial charge in [0.25, 0.3) is 5.91 Å². The molecule has 3 rings (SSSR count). The molecule has 132 valence electrons. The number of carboxylic acid groups (broad SMARTS) is 1. The van der Waals surface area contributed by atoms with E-state index < -0.39 is 11.9 Å². The molecule has 2 heterocycles. The number of benzene rings is 1. The molecule has 6 heteroatoms. The summed E-state index contributed by atoms with van der Waals surface area (Å²) in [6, 6.07) is 9.02. The molecule has 0 unspecified atom stereocenters. The van der Waals surface area contributed by atoms with Gasteiger partial charge in [0.2, 0.25) is 0 Å². The van der Waals surface area contributed by atoms with E-state index in [4.69, 9.17) is 0 Å². The van der Waals surface area contributed by atoms with E-state index in [2.05, 4.69) is 4.98 Å². The van der Waals surface area contributed by atoms with Crippen molar-refractivity contribution in [1.82, 2.24) is 9.88 Å². The molecule has 0 saturated carbocycles. The van der Waals surface area contributed by atoms with Crippen LogP contribution in [0.5, 0.6) is 0 Å². The quantitative estimate of drug-likeness (QED) is 0.929. The van der Waals surface area contributed by atoms with Gasteiger partial charge in [-0.05, 0) is 31.9 Å². The number of para-hydroxylation sites is 1. The molecule has 1 aliphatic heterocycles. The van der Waals surface area contributed by atoms with Crippen LogP contribution < -0.4 is 4.90 Å². The number of rotatable bonds is 3. The van der Waals surface area contributed by atoms with Crippen LogP contribution in [-0.2, 0) is 4.79 Å². The van der Waals surface area contributed by atoms with E-state index in [1.807, 2.05) is 50.2 Å². The second kappa shape index (κ2) is 6.70. The lowest BCUT2D eigenvalue weighted by Gasteiger charge is -2.37. The van der Waals surface area contributed by atoms with E-state index >= 15 is 0 Å². The summed E-state index contributed by atoms with van der Waals surface area (Å²) in [6.45, 7) is 2.41. The Morgan fingerprint density at radius 3 is 2.68 bits per heavy atom. The molecule has 2 aromatic rings. The van der Waals surface area contributed by atoms with Crippen molar-refractivity contribution in [3.05, 3.63) is 35.9 Å². The minimum absolute atomic E-state index is 0.125. The van der Waals surface area contributed by atoms with E-state index in [0.717, 1.165) is 10.9 Å². The fourth-order valence-corrected chi connectivity index (χ4v) is 3.48. The summed E-state index contributed by atoms with van der Waals surface area (Å²) in [6.07, 6.45) is 1.32. The average Bonchev–Trinajstić information content (AvgIpc) is 2.60. The predicted molar refractivity (Wildman–Crippen MR) is 96.9 cm³/mol. The highest BCUT2D eigenvalue weighted by Gasteiger charge is 2.36. The summed E-state index contributed by atoms with van der Waals surface area (Å²) in [5.41, 5.74) is 1.34. The number of nitrogens with zero attached hydrogens (tertiary/aromatic N) is 3. The van der Waals surface area contributed by atoms with Crippen molar-refractivity contribution in [2.45, 2.75) is 25.8 Å². The SMILES string of the molecule is C[C@@H]1[C@H](C(=O)O)CCCN1C(=O)c1cc(N(C)C)nc2ccccc12. The molecule has 1 saturated heterocycles. The lowest BCUT2D eigenvalue weighted by molar-refractivity contribution is -0.144. The molecule has 0 spiro atoms. The second-order valence-corrected chi connectivity index (χ2v) is 6.77. The number of carbonyl (C=O) groups is 2. The number of pyridine rings is 1. The van der Waals surface area contributed by atoms with Crippen LogP contribution in [0.15, 0.2) is 30.3 Å². The Hall–Kier alpha value is -2.63. The smallest absolute Gasteiger partial charge is 0.308 e. The van der Waals surface area contributed by atoms with E-state index in [1.165, 1.54) is 0 Å². The molecular weight excluding hydrogens is 318 g/mol. The largest absolute Gasteiger partial charge is 0.481 e. The van der Waals surface area contributed by atoms with Crippen LogP contribution in [0.25, 0.3) is 10.9 Å². The third kappa shape index (κ3) is 3.16. The molecule has 1 aromatic heterocycles. The van der Waals surface area contributed by atoms with Crippen LogP contribution >= 0.6 is 0 Å². The summed E-state index contributed by atoms with van der Waals surface area (Å²) in [4.78, 5) is 32.9.